The SMILES string of the molecule is COc1cc(-c2oc3cc(O)cc(O)c3c(=O)c2O[C@@H]2O[C@H]([C@H](O)CO)[C@H](O)[C@H]2O)ccc1O[C@@H]1O[C@@H](C)[C@H](O)[C@@H](O)[C@H]1O. The Bertz CT molecular complexity index is 1560. The van der Waals surface area contributed by atoms with Gasteiger partial charge in [-0.25, -0.2) is 0 Å². The summed E-state index contributed by atoms with van der Waals surface area (Å²) in [6.45, 7) is 0.670. The number of aliphatic hydroxyl groups is 7. The van der Waals surface area contributed by atoms with E-state index in [2.05, 4.69) is 0 Å². The Balaban J connectivity index is 1.57. The van der Waals surface area contributed by atoms with E-state index in [0.717, 1.165) is 12.1 Å². The second-order valence-electron chi connectivity index (χ2n) is 10.4. The minimum absolute atomic E-state index is 0.00971. The summed E-state index contributed by atoms with van der Waals surface area (Å²) in [6, 6.07) is 6.02. The molecule has 16 nitrogen and oxygen atoms in total. The summed E-state index contributed by atoms with van der Waals surface area (Å²) in [5, 5.41) is 90.5. The van der Waals surface area contributed by atoms with Crippen molar-refractivity contribution < 1.29 is 74.1 Å². The zero-order chi connectivity index (χ0) is 32.0. The summed E-state index contributed by atoms with van der Waals surface area (Å²) in [5.74, 6) is -1.98. The molecule has 0 bridgehead atoms. The second-order valence-corrected chi connectivity index (χ2v) is 10.4. The van der Waals surface area contributed by atoms with E-state index in [-0.39, 0.29) is 28.4 Å². The van der Waals surface area contributed by atoms with Crippen LogP contribution in [0, 0.1) is 0 Å². The van der Waals surface area contributed by atoms with Crippen molar-refractivity contribution in [3.63, 3.8) is 0 Å². The first-order valence-electron chi connectivity index (χ1n) is 13.4. The molecule has 2 saturated heterocycles. The van der Waals surface area contributed by atoms with Crippen LogP contribution in [0.1, 0.15) is 6.92 Å². The van der Waals surface area contributed by atoms with Gasteiger partial charge in [0.25, 0.3) is 0 Å². The predicted octanol–water partition coefficient (Wildman–Crippen LogP) is -1.74. The smallest absolute Gasteiger partial charge is 0.239 e. The molecule has 0 amide bonds. The van der Waals surface area contributed by atoms with Crippen LogP contribution in [0.4, 0.5) is 0 Å². The number of aromatic hydroxyl groups is 2. The molecule has 2 aliphatic rings. The number of phenolic OH excluding ortho intramolecular Hbond substituents is 2. The van der Waals surface area contributed by atoms with Crippen molar-refractivity contribution in [2.24, 2.45) is 0 Å². The van der Waals surface area contributed by atoms with Gasteiger partial charge in [0.2, 0.25) is 23.8 Å². The van der Waals surface area contributed by atoms with Gasteiger partial charge in [-0.05, 0) is 25.1 Å². The summed E-state index contributed by atoms with van der Waals surface area (Å²) in [6.07, 6.45) is -15.1. The van der Waals surface area contributed by atoms with Crippen molar-refractivity contribution in [1.82, 2.24) is 0 Å². The molecule has 3 heterocycles. The summed E-state index contributed by atoms with van der Waals surface area (Å²) >= 11 is 0. The Kier molecular flexibility index (Phi) is 8.90. The molecule has 9 N–H and O–H groups in total. The normalized spacial score (nSPS) is 31.2. The van der Waals surface area contributed by atoms with Crippen molar-refractivity contribution >= 4 is 11.0 Å². The molecule has 3 aromatic rings. The number of hydrogen-bond acceptors (Lipinski definition) is 16. The first-order valence-corrected chi connectivity index (χ1v) is 13.4. The lowest BCUT2D eigenvalue weighted by Gasteiger charge is -2.39. The van der Waals surface area contributed by atoms with Gasteiger partial charge >= 0.3 is 0 Å². The summed E-state index contributed by atoms with van der Waals surface area (Å²) in [7, 11) is 1.28. The monoisotopic (exact) mass is 624 g/mol. The van der Waals surface area contributed by atoms with Crippen LogP contribution >= 0.6 is 0 Å². The molecule has 0 aliphatic carbocycles. The molecule has 2 aromatic carbocycles. The maximum Gasteiger partial charge on any atom is 0.239 e. The minimum Gasteiger partial charge on any atom is -0.508 e. The van der Waals surface area contributed by atoms with Crippen LogP contribution in [-0.2, 0) is 9.47 Å². The van der Waals surface area contributed by atoms with E-state index >= 15 is 0 Å². The van der Waals surface area contributed by atoms with Gasteiger partial charge in [-0.2, -0.15) is 0 Å². The fraction of sp³-hybridized carbons (Fsp3) is 0.464. The van der Waals surface area contributed by atoms with Gasteiger partial charge in [0, 0.05) is 17.7 Å². The molecule has 10 atom stereocenters. The van der Waals surface area contributed by atoms with Crippen molar-refractivity contribution in [3.05, 3.63) is 40.6 Å². The van der Waals surface area contributed by atoms with Gasteiger partial charge < -0.3 is 74.1 Å². The fourth-order valence-corrected chi connectivity index (χ4v) is 5.01. The van der Waals surface area contributed by atoms with Crippen molar-refractivity contribution in [2.45, 2.75) is 68.3 Å². The van der Waals surface area contributed by atoms with E-state index in [1.807, 2.05) is 0 Å². The van der Waals surface area contributed by atoms with Crippen molar-refractivity contribution in [1.29, 1.82) is 0 Å². The van der Waals surface area contributed by atoms with E-state index in [9.17, 15) is 50.8 Å². The van der Waals surface area contributed by atoms with Crippen LogP contribution < -0.4 is 19.6 Å². The molecule has 0 unspecified atom stereocenters. The predicted molar refractivity (Wildman–Crippen MR) is 145 cm³/mol. The topological polar surface area (TPSA) is 258 Å². The molecular weight excluding hydrogens is 592 g/mol. The van der Waals surface area contributed by atoms with Gasteiger partial charge in [0.15, 0.2) is 17.3 Å². The fourth-order valence-electron chi connectivity index (χ4n) is 5.01. The number of rotatable bonds is 8. The first kappa shape index (κ1) is 31.7. The van der Waals surface area contributed by atoms with Crippen LogP contribution in [0.2, 0.25) is 0 Å². The zero-order valence-corrected chi connectivity index (χ0v) is 23.3. The Morgan fingerprint density at radius 2 is 1.55 bits per heavy atom. The van der Waals surface area contributed by atoms with Crippen molar-refractivity contribution in [2.75, 3.05) is 13.7 Å². The number of benzene rings is 2. The number of ether oxygens (including phenoxy) is 5. The highest BCUT2D eigenvalue weighted by molar-refractivity contribution is 5.88. The van der Waals surface area contributed by atoms with Crippen LogP contribution in [0.5, 0.6) is 28.7 Å². The van der Waals surface area contributed by atoms with E-state index < -0.39 is 96.1 Å². The lowest BCUT2D eigenvalue weighted by Crippen LogP contribution is -2.58. The van der Waals surface area contributed by atoms with Crippen LogP contribution in [-0.4, -0.2) is 121 Å². The molecular formula is C28H32O16. The molecule has 44 heavy (non-hydrogen) atoms. The van der Waals surface area contributed by atoms with Gasteiger partial charge in [-0.3, -0.25) is 4.79 Å². The third-order valence-electron chi connectivity index (χ3n) is 7.45. The molecule has 0 spiro atoms. The Morgan fingerprint density at radius 3 is 2.23 bits per heavy atom. The lowest BCUT2D eigenvalue weighted by atomic mass is 10.00. The van der Waals surface area contributed by atoms with E-state index in [4.69, 9.17) is 28.1 Å². The second kappa shape index (κ2) is 12.4. The van der Waals surface area contributed by atoms with Gasteiger partial charge in [-0.15, -0.1) is 0 Å². The Morgan fingerprint density at radius 1 is 0.864 bits per heavy atom. The summed E-state index contributed by atoms with van der Waals surface area (Å²) < 4.78 is 33.6. The molecule has 1 aromatic heterocycles. The standard InChI is InChI=1S/C28H32O16/c1-9-18(33)20(35)22(37)27(40-9)42-14-4-3-10(5-15(14)39-2)24-26(19(34)17-12(31)6-11(30)7-16(17)41-24)44-28-23(38)21(36)25(43-28)13(32)8-29/h3-7,9,13,18,20-23,25,27-33,35-38H,8H2,1-2H3/t9-,13+,18-,20+,21+,22+,23+,25+,27-,28-/m0/s1. The van der Waals surface area contributed by atoms with Crippen LogP contribution in [0.3, 0.4) is 0 Å². The quantitative estimate of drug-likeness (QED) is 0.135. The molecule has 2 fully saturated rings. The largest absolute Gasteiger partial charge is 0.508 e. The molecule has 240 valence electrons. The average molecular weight is 625 g/mol. The Labute approximate surface area is 248 Å². The number of aliphatic hydroxyl groups excluding tert-OH is 7. The van der Waals surface area contributed by atoms with Crippen LogP contribution in [0.25, 0.3) is 22.3 Å². The zero-order valence-electron chi connectivity index (χ0n) is 23.3. The molecule has 5 rings (SSSR count). The van der Waals surface area contributed by atoms with E-state index in [1.165, 1.54) is 32.2 Å². The molecule has 2 aliphatic heterocycles. The molecule has 16 heteroatoms. The average Bonchev–Trinajstić information content (AvgIpc) is 3.27. The molecule has 0 radical (unpaired) electrons. The summed E-state index contributed by atoms with van der Waals surface area (Å²) in [4.78, 5) is 13.7. The summed E-state index contributed by atoms with van der Waals surface area (Å²) in [5.41, 5.74) is -1.12. The van der Waals surface area contributed by atoms with Gasteiger partial charge in [0.05, 0.1) is 19.8 Å². The van der Waals surface area contributed by atoms with Gasteiger partial charge in [0.1, 0.15) is 65.2 Å². The third-order valence-corrected chi connectivity index (χ3v) is 7.45. The number of hydrogen-bond donors (Lipinski definition) is 9. The number of phenols is 2. The number of fused-ring (bicyclic) bond motifs is 1. The molecule has 0 saturated carbocycles. The highest BCUT2D eigenvalue weighted by atomic mass is 16.7. The maximum absolute atomic E-state index is 13.7. The van der Waals surface area contributed by atoms with E-state index in [1.54, 1.807) is 0 Å². The Hall–Kier alpha value is -3.71. The third kappa shape index (κ3) is 5.63. The number of methoxy groups -OCH3 is 1. The van der Waals surface area contributed by atoms with E-state index in [0.29, 0.717) is 0 Å². The highest BCUT2D eigenvalue weighted by Crippen LogP contribution is 2.41. The highest BCUT2D eigenvalue weighted by Gasteiger charge is 2.48. The van der Waals surface area contributed by atoms with Crippen LogP contribution in [0.15, 0.2) is 39.5 Å². The van der Waals surface area contributed by atoms with Crippen molar-refractivity contribution in [3.8, 4) is 40.1 Å². The minimum atomic E-state index is -1.79. The van der Waals surface area contributed by atoms with Gasteiger partial charge in [-0.1, -0.05) is 0 Å². The maximum atomic E-state index is 13.7. The lowest BCUT2D eigenvalue weighted by molar-refractivity contribution is -0.268. The first-order chi connectivity index (χ1) is 20.9.